The molecule has 2 heterocycles. The topological polar surface area (TPSA) is 92.9 Å². The van der Waals surface area contributed by atoms with E-state index in [-0.39, 0.29) is 0 Å². The molecular formula is C13H18N6. The predicted molar refractivity (Wildman–Crippen MR) is 72.4 cm³/mol. The molecule has 0 amide bonds. The molecule has 6 heteroatoms. The van der Waals surface area contributed by atoms with Crippen molar-refractivity contribution in [2.24, 2.45) is 0 Å². The van der Waals surface area contributed by atoms with E-state index in [2.05, 4.69) is 28.1 Å². The molecule has 2 aromatic heterocycles. The van der Waals surface area contributed by atoms with Gasteiger partial charge in [0.15, 0.2) is 0 Å². The summed E-state index contributed by atoms with van der Waals surface area (Å²) in [6, 6.07) is 2.16. The predicted octanol–water partition coefficient (Wildman–Crippen LogP) is 1.90. The minimum absolute atomic E-state index is 0.558. The zero-order valence-corrected chi connectivity index (χ0v) is 11.1. The fourth-order valence-corrected chi connectivity index (χ4v) is 2.19. The van der Waals surface area contributed by atoms with Gasteiger partial charge >= 0.3 is 0 Å². The highest BCUT2D eigenvalue weighted by atomic mass is 15.3. The maximum Gasteiger partial charge on any atom is 0.254 e. The Morgan fingerprint density at radius 2 is 2.21 bits per heavy atom. The lowest BCUT2D eigenvalue weighted by Crippen LogP contribution is -2.10. The number of aryl methyl sites for hydroxylation is 1. The van der Waals surface area contributed by atoms with Crippen molar-refractivity contribution in [1.82, 2.24) is 19.6 Å². The molecular weight excluding hydrogens is 240 g/mol. The summed E-state index contributed by atoms with van der Waals surface area (Å²) in [6.45, 7) is 2.06. The van der Waals surface area contributed by atoms with Gasteiger partial charge in [0, 0.05) is 12.0 Å². The highest BCUT2D eigenvalue weighted by molar-refractivity contribution is 5.49. The van der Waals surface area contributed by atoms with Crippen molar-refractivity contribution in [1.29, 1.82) is 5.26 Å². The molecule has 0 aliphatic carbocycles. The summed E-state index contributed by atoms with van der Waals surface area (Å²) in [5.41, 5.74) is 8.21. The number of nitrogen functional groups attached to an aromatic ring is 1. The van der Waals surface area contributed by atoms with Gasteiger partial charge in [-0.15, -0.1) is 0 Å². The first-order chi connectivity index (χ1) is 9.27. The Labute approximate surface area is 112 Å². The van der Waals surface area contributed by atoms with Crippen LogP contribution in [0.1, 0.15) is 43.9 Å². The number of nitrogens with zero attached hydrogens (tertiary/aromatic N) is 5. The smallest absolute Gasteiger partial charge is 0.254 e. The maximum absolute atomic E-state index is 8.51. The van der Waals surface area contributed by atoms with Crippen LogP contribution in [-0.4, -0.2) is 19.6 Å². The van der Waals surface area contributed by atoms with E-state index in [9.17, 15) is 0 Å². The Kier molecular flexibility index (Phi) is 4.29. The number of fused-ring (bicyclic) bond motifs is 1. The van der Waals surface area contributed by atoms with Crippen molar-refractivity contribution in [2.45, 2.75) is 45.4 Å². The van der Waals surface area contributed by atoms with E-state index >= 15 is 0 Å². The van der Waals surface area contributed by atoms with Crippen LogP contribution in [-0.2, 0) is 12.8 Å². The Morgan fingerprint density at radius 1 is 1.37 bits per heavy atom. The van der Waals surface area contributed by atoms with Gasteiger partial charge in [0.05, 0.1) is 11.8 Å². The van der Waals surface area contributed by atoms with Crippen LogP contribution in [0.5, 0.6) is 0 Å². The Balaban J connectivity index is 2.16. The number of nitriles is 1. The molecule has 100 valence electrons. The molecule has 19 heavy (non-hydrogen) atoms. The summed E-state index contributed by atoms with van der Waals surface area (Å²) in [5.74, 6) is 1.20. The van der Waals surface area contributed by atoms with Crippen LogP contribution in [0, 0.1) is 11.3 Å². The molecule has 2 rings (SSSR count). The second kappa shape index (κ2) is 6.14. The molecule has 6 nitrogen and oxygen atoms in total. The standard InChI is InChI=1S/C13H18N6/c1-2-11-10(7-5-3-4-6-8-14)12(15)19-13(18-11)16-9-17-19/h9H,2-7,15H2,1H3. The van der Waals surface area contributed by atoms with Crippen LogP contribution in [0.2, 0.25) is 0 Å². The van der Waals surface area contributed by atoms with Crippen LogP contribution in [0.3, 0.4) is 0 Å². The van der Waals surface area contributed by atoms with E-state index in [4.69, 9.17) is 11.0 Å². The minimum atomic E-state index is 0.558. The molecule has 2 aromatic rings. The molecule has 0 aliphatic rings. The third-order valence-corrected chi connectivity index (χ3v) is 3.20. The normalized spacial score (nSPS) is 10.7. The highest BCUT2D eigenvalue weighted by Crippen LogP contribution is 2.20. The fraction of sp³-hybridized carbons (Fsp3) is 0.538. The monoisotopic (exact) mass is 258 g/mol. The van der Waals surface area contributed by atoms with Crippen molar-refractivity contribution in [3.05, 3.63) is 17.6 Å². The number of anilines is 1. The average Bonchev–Trinajstić information content (AvgIpc) is 2.89. The summed E-state index contributed by atoms with van der Waals surface area (Å²) in [7, 11) is 0. The van der Waals surface area contributed by atoms with Crippen LogP contribution < -0.4 is 5.73 Å². The van der Waals surface area contributed by atoms with Gasteiger partial charge in [-0.3, -0.25) is 0 Å². The summed E-state index contributed by atoms with van der Waals surface area (Å²) >= 11 is 0. The number of unbranched alkanes of at least 4 members (excludes halogenated alkanes) is 3. The fourth-order valence-electron chi connectivity index (χ4n) is 2.19. The van der Waals surface area contributed by atoms with Gasteiger partial charge in [-0.05, 0) is 25.7 Å². The average molecular weight is 258 g/mol. The third kappa shape index (κ3) is 2.81. The first-order valence-electron chi connectivity index (χ1n) is 6.61. The molecule has 2 N–H and O–H groups in total. The third-order valence-electron chi connectivity index (χ3n) is 3.20. The van der Waals surface area contributed by atoms with Crippen LogP contribution in [0.25, 0.3) is 5.78 Å². The summed E-state index contributed by atoms with van der Waals surface area (Å²) in [5, 5.41) is 12.6. The summed E-state index contributed by atoms with van der Waals surface area (Å²) in [6.07, 6.45) is 6.79. The van der Waals surface area contributed by atoms with E-state index in [1.807, 2.05) is 0 Å². The molecule has 0 saturated carbocycles. The molecule has 0 aliphatic heterocycles. The second-order valence-corrected chi connectivity index (χ2v) is 4.47. The second-order valence-electron chi connectivity index (χ2n) is 4.47. The zero-order valence-electron chi connectivity index (χ0n) is 11.1. The highest BCUT2D eigenvalue weighted by Gasteiger charge is 2.12. The number of hydrogen-bond donors (Lipinski definition) is 1. The van der Waals surface area contributed by atoms with Crippen molar-refractivity contribution in [2.75, 3.05) is 5.73 Å². The minimum Gasteiger partial charge on any atom is -0.383 e. The van der Waals surface area contributed by atoms with Crippen molar-refractivity contribution in [3.63, 3.8) is 0 Å². The van der Waals surface area contributed by atoms with Crippen molar-refractivity contribution < 1.29 is 0 Å². The van der Waals surface area contributed by atoms with E-state index in [0.717, 1.165) is 43.4 Å². The summed E-state index contributed by atoms with van der Waals surface area (Å²) in [4.78, 5) is 8.56. The molecule has 0 fully saturated rings. The number of hydrogen-bond acceptors (Lipinski definition) is 5. The largest absolute Gasteiger partial charge is 0.383 e. The number of rotatable bonds is 6. The molecule has 0 radical (unpaired) electrons. The number of aromatic nitrogens is 4. The molecule has 0 aromatic carbocycles. The van der Waals surface area contributed by atoms with Gasteiger partial charge in [0.1, 0.15) is 12.1 Å². The first kappa shape index (κ1) is 13.3. The Bertz CT molecular complexity index is 595. The molecule has 0 saturated heterocycles. The lowest BCUT2D eigenvalue weighted by Gasteiger charge is -2.11. The van der Waals surface area contributed by atoms with Gasteiger partial charge in [0.25, 0.3) is 5.78 Å². The van der Waals surface area contributed by atoms with E-state index < -0.39 is 0 Å². The van der Waals surface area contributed by atoms with Crippen LogP contribution in [0.15, 0.2) is 6.33 Å². The molecule has 0 unspecified atom stereocenters. The number of nitrogens with two attached hydrogens (primary N) is 1. The molecule has 0 bridgehead atoms. The van der Waals surface area contributed by atoms with Gasteiger partial charge < -0.3 is 5.73 Å². The van der Waals surface area contributed by atoms with Crippen molar-refractivity contribution >= 4 is 11.6 Å². The molecule has 0 atom stereocenters. The van der Waals surface area contributed by atoms with Gasteiger partial charge in [-0.1, -0.05) is 13.3 Å². The quantitative estimate of drug-likeness (QED) is 0.799. The van der Waals surface area contributed by atoms with Crippen molar-refractivity contribution in [3.8, 4) is 6.07 Å². The summed E-state index contributed by atoms with van der Waals surface area (Å²) < 4.78 is 1.59. The molecule has 0 spiro atoms. The zero-order chi connectivity index (χ0) is 13.7. The van der Waals surface area contributed by atoms with E-state index in [1.54, 1.807) is 4.52 Å². The van der Waals surface area contributed by atoms with Crippen LogP contribution >= 0.6 is 0 Å². The lowest BCUT2D eigenvalue weighted by atomic mass is 10.0. The Hall–Kier alpha value is -2.16. The Morgan fingerprint density at radius 3 is 2.95 bits per heavy atom. The first-order valence-corrected chi connectivity index (χ1v) is 6.61. The van der Waals surface area contributed by atoms with E-state index in [0.29, 0.717) is 18.0 Å². The lowest BCUT2D eigenvalue weighted by molar-refractivity contribution is 0.683. The maximum atomic E-state index is 8.51. The van der Waals surface area contributed by atoms with Gasteiger partial charge in [-0.2, -0.15) is 19.9 Å². The van der Waals surface area contributed by atoms with E-state index in [1.165, 1.54) is 6.33 Å². The van der Waals surface area contributed by atoms with Gasteiger partial charge in [0.2, 0.25) is 0 Å². The van der Waals surface area contributed by atoms with Crippen LogP contribution in [0.4, 0.5) is 5.82 Å². The van der Waals surface area contributed by atoms with Gasteiger partial charge in [-0.25, -0.2) is 4.98 Å². The SMILES string of the molecule is CCc1nc2ncnn2c(N)c1CCCCCC#N.